The third kappa shape index (κ3) is 7.76. The molecule has 3 rings (SSSR count). The Labute approximate surface area is 241 Å². The quantitative estimate of drug-likeness (QED) is 0.307. The Morgan fingerprint density at radius 1 is 0.975 bits per heavy atom. The number of sulfonamides is 1. The topological polar surface area (TPSA) is 96.0 Å². The highest BCUT2D eigenvalue weighted by Gasteiger charge is 2.32. The van der Waals surface area contributed by atoms with Gasteiger partial charge in [0.15, 0.2) is 0 Å². The summed E-state index contributed by atoms with van der Waals surface area (Å²) in [6.07, 6.45) is 1.23. The minimum absolute atomic E-state index is 0.0214. The van der Waals surface area contributed by atoms with Crippen LogP contribution in [0.2, 0.25) is 5.02 Å². The Morgan fingerprint density at radius 2 is 1.60 bits per heavy atom. The van der Waals surface area contributed by atoms with E-state index < -0.39 is 28.5 Å². The van der Waals surface area contributed by atoms with Crippen LogP contribution >= 0.6 is 11.6 Å². The second-order valence-corrected chi connectivity index (χ2v) is 11.7. The number of nitrogens with one attached hydrogen (secondary N) is 1. The highest BCUT2D eigenvalue weighted by atomic mass is 35.5. The lowest BCUT2D eigenvalue weighted by Crippen LogP contribution is -2.53. The Kier molecular flexibility index (Phi) is 11.0. The standard InChI is InChI=1S/C30H36ClN3O5S/c1-5-22(2)32-30(36)23(3)33(19-18-24-12-8-6-9-13-24)29(35)21-34(25-16-17-28(39-4)27(31)20-25)40(37,38)26-14-10-7-11-15-26/h6-17,20,22-23H,5,18-19,21H2,1-4H3,(H,32,36)/t22-,23+/m0/s1. The first-order valence-electron chi connectivity index (χ1n) is 13.1. The van der Waals surface area contributed by atoms with Crippen molar-refractivity contribution in [2.45, 2.75) is 50.6 Å². The van der Waals surface area contributed by atoms with E-state index in [0.29, 0.717) is 12.2 Å². The monoisotopic (exact) mass is 585 g/mol. The van der Waals surface area contributed by atoms with E-state index in [1.54, 1.807) is 31.2 Å². The first kappa shape index (κ1) is 31.0. The van der Waals surface area contributed by atoms with Crippen LogP contribution in [0.5, 0.6) is 5.75 Å². The summed E-state index contributed by atoms with van der Waals surface area (Å²) in [6, 6.07) is 21.1. The smallest absolute Gasteiger partial charge is 0.264 e. The molecule has 0 spiro atoms. The molecule has 214 valence electrons. The number of hydrogen-bond acceptors (Lipinski definition) is 5. The number of halogens is 1. The van der Waals surface area contributed by atoms with Gasteiger partial charge in [0, 0.05) is 12.6 Å². The van der Waals surface area contributed by atoms with Crippen LogP contribution in [-0.2, 0) is 26.0 Å². The van der Waals surface area contributed by atoms with Crippen LogP contribution in [0, 0.1) is 0 Å². The third-order valence-electron chi connectivity index (χ3n) is 6.69. The van der Waals surface area contributed by atoms with E-state index in [4.69, 9.17) is 16.3 Å². The van der Waals surface area contributed by atoms with Crippen LogP contribution in [0.15, 0.2) is 83.8 Å². The number of nitrogens with zero attached hydrogens (tertiary/aromatic N) is 2. The number of amides is 2. The highest BCUT2D eigenvalue weighted by molar-refractivity contribution is 7.92. The second-order valence-electron chi connectivity index (χ2n) is 9.46. The molecule has 0 fully saturated rings. The van der Waals surface area contributed by atoms with Crippen molar-refractivity contribution in [2.75, 3.05) is 24.5 Å². The van der Waals surface area contributed by atoms with E-state index in [9.17, 15) is 18.0 Å². The molecule has 0 radical (unpaired) electrons. The van der Waals surface area contributed by atoms with E-state index in [2.05, 4.69) is 5.32 Å². The molecule has 3 aromatic rings. The van der Waals surface area contributed by atoms with Crippen LogP contribution in [-0.4, -0.2) is 57.4 Å². The van der Waals surface area contributed by atoms with E-state index in [1.165, 1.54) is 36.3 Å². The fourth-order valence-electron chi connectivity index (χ4n) is 4.09. The van der Waals surface area contributed by atoms with Crippen molar-refractivity contribution < 1.29 is 22.7 Å². The predicted molar refractivity (Wildman–Crippen MR) is 158 cm³/mol. The predicted octanol–water partition coefficient (Wildman–Crippen LogP) is 4.92. The van der Waals surface area contributed by atoms with Gasteiger partial charge in [0.05, 0.1) is 22.7 Å². The van der Waals surface area contributed by atoms with Crippen molar-refractivity contribution in [3.63, 3.8) is 0 Å². The molecule has 0 aliphatic carbocycles. The lowest BCUT2D eigenvalue weighted by molar-refractivity contribution is -0.139. The number of methoxy groups -OCH3 is 1. The van der Waals surface area contributed by atoms with Crippen molar-refractivity contribution in [1.82, 2.24) is 10.2 Å². The van der Waals surface area contributed by atoms with Crippen molar-refractivity contribution in [3.8, 4) is 5.75 Å². The Morgan fingerprint density at radius 3 is 2.17 bits per heavy atom. The maximum atomic E-state index is 13.9. The Hall–Kier alpha value is -3.56. The number of carbonyl (C=O) groups is 2. The lowest BCUT2D eigenvalue weighted by atomic mass is 10.1. The molecule has 0 bridgehead atoms. The summed E-state index contributed by atoms with van der Waals surface area (Å²) in [5.74, 6) is -0.455. The molecule has 2 atom stereocenters. The van der Waals surface area contributed by atoms with Gasteiger partial charge >= 0.3 is 0 Å². The van der Waals surface area contributed by atoms with E-state index in [0.717, 1.165) is 16.3 Å². The van der Waals surface area contributed by atoms with Gasteiger partial charge in [-0.2, -0.15) is 0 Å². The summed E-state index contributed by atoms with van der Waals surface area (Å²) < 4.78 is 33.9. The largest absolute Gasteiger partial charge is 0.495 e. The van der Waals surface area contributed by atoms with Gasteiger partial charge in [-0.05, 0) is 62.6 Å². The maximum absolute atomic E-state index is 13.9. The van der Waals surface area contributed by atoms with Crippen LogP contribution in [0.1, 0.15) is 32.8 Å². The maximum Gasteiger partial charge on any atom is 0.264 e. The zero-order valence-corrected chi connectivity index (χ0v) is 24.8. The molecule has 0 heterocycles. The molecular formula is C30H36ClN3O5S. The van der Waals surface area contributed by atoms with Crippen LogP contribution in [0.25, 0.3) is 0 Å². The van der Waals surface area contributed by atoms with E-state index >= 15 is 0 Å². The molecule has 0 aliphatic rings. The second kappa shape index (κ2) is 14.2. The SMILES string of the molecule is CC[C@H](C)NC(=O)[C@@H](C)N(CCc1ccccc1)C(=O)CN(c1ccc(OC)c(Cl)c1)S(=O)(=O)c1ccccc1. The van der Waals surface area contributed by atoms with Crippen LogP contribution in [0.3, 0.4) is 0 Å². The van der Waals surface area contributed by atoms with E-state index in [-0.39, 0.29) is 34.1 Å². The first-order valence-corrected chi connectivity index (χ1v) is 14.9. The summed E-state index contributed by atoms with van der Waals surface area (Å²) in [6.45, 7) is 5.19. The molecule has 3 aromatic carbocycles. The lowest BCUT2D eigenvalue weighted by Gasteiger charge is -2.32. The Bertz CT molecular complexity index is 1390. The normalized spacial score (nSPS) is 12.7. The number of rotatable bonds is 13. The number of anilines is 1. The molecule has 8 nitrogen and oxygen atoms in total. The van der Waals surface area contributed by atoms with Crippen LogP contribution in [0.4, 0.5) is 5.69 Å². The number of ether oxygens (including phenoxy) is 1. The first-order chi connectivity index (χ1) is 19.1. The van der Waals surface area contributed by atoms with Gasteiger partial charge < -0.3 is 15.0 Å². The van der Waals surface area contributed by atoms with Gasteiger partial charge in [-0.3, -0.25) is 13.9 Å². The van der Waals surface area contributed by atoms with Gasteiger partial charge in [0.25, 0.3) is 10.0 Å². The molecule has 1 N–H and O–H groups in total. The van der Waals surface area contributed by atoms with Crippen molar-refractivity contribution in [3.05, 3.63) is 89.4 Å². The van der Waals surface area contributed by atoms with Gasteiger partial charge in [-0.15, -0.1) is 0 Å². The zero-order chi connectivity index (χ0) is 29.3. The molecule has 2 amide bonds. The van der Waals surface area contributed by atoms with Crippen molar-refractivity contribution in [2.24, 2.45) is 0 Å². The summed E-state index contributed by atoms with van der Waals surface area (Å²) in [5, 5.41) is 3.13. The molecule has 0 saturated carbocycles. The van der Waals surface area contributed by atoms with Gasteiger partial charge in [-0.25, -0.2) is 8.42 Å². The minimum Gasteiger partial charge on any atom is -0.495 e. The average molecular weight is 586 g/mol. The van der Waals surface area contributed by atoms with Crippen molar-refractivity contribution in [1.29, 1.82) is 0 Å². The fraction of sp³-hybridized carbons (Fsp3) is 0.333. The van der Waals surface area contributed by atoms with E-state index in [1.807, 2.05) is 44.2 Å². The molecule has 0 unspecified atom stereocenters. The van der Waals surface area contributed by atoms with Gasteiger partial charge in [0.1, 0.15) is 18.3 Å². The molecular weight excluding hydrogens is 550 g/mol. The third-order valence-corrected chi connectivity index (χ3v) is 8.77. The molecule has 0 aromatic heterocycles. The highest BCUT2D eigenvalue weighted by Crippen LogP contribution is 2.32. The van der Waals surface area contributed by atoms with Crippen molar-refractivity contribution >= 4 is 39.1 Å². The Balaban J connectivity index is 2.00. The summed E-state index contributed by atoms with van der Waals surface area (Å²) in [4.78, 5) is 28.5. The summed E-state index contributed by atoms with van der Waals surface area (Å²) in [7, 11) is -2.71. The fourth-order valence-corrected chi connectivity index (χ4v) is 5.77. The molecule has 0 saturated heterocycles. The van der Waals surface area contributed by atoms with Crippen LogP contribution < -0.4 is 14.4 Å². The summed E-state index contributed by atoms with van der Waals surface area (Å²) >= 11 is 6.35. The molecule has 10 heteroatoms. The average Bonchev–Trinajstić information content (AvgIpc) is 2.96. The summed E-state index contributed by atoms with van der Waals surface area (Å²) in [5.41, 5.74) is 1.19. The zero-order valence-electron chi connectivity index (χ0n) is 23.2. The molecule has 0 aliphatic heterocycles. The minimum atomic E-state index is -4.17. The number of hydrogen-bond donors (Lipinski definition) is 1. The molecule has 40 heavy (non-hydrogen) atoms. The van der Waals surface area contributed by atoms with Gasteiger partial charge in [-0.1, -0.05) is 67.1 Å². The van der Waals surface area contributed by atoms with Gasteiger partial charge in [0.2, 0.25) is 11.8 Å². The number of benzene rings is 3. The number of carbonyl (C=O) groups excluding carboxylic acids is 2.